The normalized spacial score (nSPS) is 14.4. The van der Waals surface area contributed by atoms with E-state index in [1.54, 1.807) is 17.4 Å². The molecule has 0 aliphatic heterocycles. The number of hydrogen-bond acceptors (Lipinski definition) is 2. The molecule has 0 spiro atoms. The lowest BCUT2D eigenvalue weighted by molar-refractivity contribution is 0.477. The van der Waals surface area contributed by atoms with Gasteiger partial charge in [-0.05, 0) is 47.3 Å². The highest BCUT2D eigenvalue weighted by atomic mass is 79.9. The van der Waals surface area contributed by atoms with Crippen LogP contribution in [0.1, 0.15) is 36.4 Å². The fourth-order valence-electron chi connectivity index (χ4n) is 1.98. The molecule has 96 valence electrons. The van der Waals surface area contributed by atoms with E-state index in [0.29, 0.717) is 5.56 Å². The van der Waals surface area contributed by atoms with Crippen molar-refractivity contribution in [1.29, 1.82) is 0 Å². The van der Waals surface area contributed by atoms with Crippen LogP contribution in [-0.4, -0.2) is 0 Å². The molecule has 1 nitrogen and oxygen atoms in total. The van der Waals surface area contributed by atoms with Crippen LogP contribution in [0.4, 0.5) is 4.39 Å². The van der Waals surface area contributed by atoms with Crippen molar-refractivity contribution in [1.82, 2.24) is 5.32 Å². The molecule has 0 aliphatic rings. The third kappa shape index (κ3) is 2.99. The molecule has 1 aromatic heterocycles. The Labute approximate surface area is 119 Å². The van der Waals surface area contributed by atoms with E-state index in [1.807, 2.05) is 30.5 Å². The molecule has 0 aliphatic carbocycles. The predicted molar refractivity (Wildman–Crippen MR) is 78.4 cm³/mol. The molecule has 0 bridgehead atoms. The van der Waals surface area contributed by atoms with Crippen molar-refractivity contribution < 1.29 is 4.39 Å². The third-order valence-electron chi connectivity index (χ3n) is 2.91. The second-order valence-corrected chi connectivity index (χ2v) is 6.07. The molecule has 0 fully saturated rings. The largest absolute Gasteiger partial charge is 0.303 e. The van der Waals surface area contributed by atoms with Crippen LogP contribution in [0, 0.1) is 5.82 Å². The Hall–Kier alpha value is -0.710. The van der Waals surface area contributed by atoms with E-state index < -0.39 is 0 Å². The van der Waals surface area contributed by atoms with Crippen molar-refractivity contribution in [3.05, 3.63) is 56.4 Å². The first-order valence-corrected chi connectivity index (χ1v) is 7.50. The molecule has 4 heteroatoms. The van der Waals surface area contributed by atoms with Gasteiger partial charge < -0.3 is 5.32 Å². The molecule has 2 rings (SSSR count). The fourth-order valence-corrected chi connectivity index (χ4v) is 3.72. The topological polar surface area (TPSA) is 12.0 Å². The highest BCUT2D eigenvalue weighted by Gasteiger charge is 2.16. The summed E-state index contributed by atoms with van der Waals surface area (Å²) in [6, 6.07) is 9.10. The quantitative estimate of drug-likeness (QED) is 0.827. The monoisotopic (exact) mass is 327 g/mol. The SMILES string of the molecule is CC(NC(C)c1sccc1Br)c1ccccc1F. The summed E-state index contributed by atoms with van der Waals surface area (Å²) in [6.07, 6.45) is 0. The van der Waals surface area contributed by atoms with Crippen molar-refractivity contribution in [2.24, 2.45) is 0 Å². The average Bonchev–Trinajstić information content (AvgIpc) is 2.76. The predicted octanol–water partition coefficient (Wildman–Crippen LogP) is 5.06. The zero-order chi connectivity index (χ0) is 13.1. The minimum absolute atomic E-state index is 0.0183. The summed E-state index contributed by atoms with van der Waals surface area (Å²) >= 11 is 5.22. The Kier molecular flexibility index (Phi) is 4.54. The average molecular weight is 328 g/mol. The molecule has 0 saturated carbocycles. The molecule has 1 aromatic carbocycles. The second-order valence-electron chi connectivity index (χ2n) is 4.26. The van der Waals surface area contributed by atoms with Gasteiger partial charge in [-0.1, -0.05) is 18.2 Å². The molecular weight excluding hydrogens is 313 g/mol. The van der Waals surface area contributed by atoms with E-state index in [4.69, 9.17) is 0 Å². The number of rotatable bonds is 4. The summed E-state index contributed by atoms with van der Waals surface area (Å²) in [5.74, 6) is -0.157. The lowest BCUT2D eigenvalue weighted by Crippen LogP contribution is -2.22. The van der Waals surface area contributed by atoms with Crippen molar-refractivity contribution in [2.45, 2.75) is 25.9 Å². The summed E-state index contributed by atoms with van der Waals surface area (Å²) in [4.78, 5) is 1.23. The van der Waals surface area contributed by atoms with Crippen LogP contribution in [0.15, 0.2) is 40.2 Å². The van der Waals surface area contributed by atoms with Gasteiger partial charge in [0.15, 0.2) is 0 Å². The first-order chi connectivity index (χ1) is 8.59. The summed E-state index contributed by atoms with van der Waals surface area (Å²) < 4.78 is 14.8. The van der Waals surface area contributed by atoms with Gasteiger partial charge in [0.1, 0.15) is 5.82 Å². The molecule has 18 heavy (non-hydrogen) atoms. The lowest BCUT2D eigenvalue weighted by atomic mass is 10.1. The standard InChI is InChI=1S/C14H15BrFNS/c1-9(11-5-3-4-6-13(11)16)17-10(2)14-12(15)7-8-18-14/h3-10,17H,1-2H3. The van der Waals surface area contributed by atoms with Crippen LogP contribution in [-0.2, 0) is 0 Å². The smallest absolute Gasteiger partial charge is 0.127 e. The lowest BCUT2D eigenvalue weighted by Gasteiger charge is -2.20. The zero-order valence-corrected chi connectivity index (χ0v) is 12.7. The van der Waals surface area contributed by atoms with Crippen molar-refractivity contribution >= 4 is 27.3 Å². The molecule has 0 saturated heterocycles. The van der Waals surface area contributed by atoms with Gasteiger partial charge in [-0.3, -0.25) is 0 Å². The van der Waals surface area contributed by atoms with Gasteiger partial charge in [-0.15, -0.1) is 11.3 Å². The molecule has 1 heterocycles. The number of nitrogens with one attached hydrogen (secondary N) is 1. The Bertz CT molecular complexity index is 526. The van der Waals surface area contributed by atoms with Gasteiger partial charge in [0.2, 0.25) is 0 Å². The second kappa shape index (κ2) is 5.95. The summed E-state index contributed by atoms with van der Waals surface area (Å²) in [5.41, 5.74) is 0.706. The van der Waals surface area contributed by atoms with Gasteiger partial charge in [-0.25, -0.2) is 4.39 Å². The van der Waals surface area contributed by atoms with Crippen molar-refractivity contribution in [3.8, 4) is 0 Å². The van der Waals surface area contributed by atoms with Gasteiger partial charge in [0.05, 0.1) is 0 Å². The summed E-state index contributed by atoms with van der Waals surface area (Å²) in [7, 11) is 0. The van der Waals surface area contributed by atoms with Gasteiger partial charge >= 0.3 is 0 Å². The van der Waals surface area contributed by atoms with E-state index in [-0.39, 0.29) is 17.9 Å². The van der Waals surface area contributed by atoms with Gasteiger partial charge in [0, 0.05) is 27.0 Å². The highest BCUT2D eigenvalue weighted by Crippen LogP contribution is 2.30. The zero-order valence-electron chi connectivity index (χ0n) is 10.3. The summed E-state index contributed by atoms with van der Waals surface area (Å²) in [6.45, 7) is 4.07. The molecular formula is C14H15BrFNS. The number of halogens is 2. The van der Waals surface area contributed by atoms with E-state index in [9.17, 15) is 4.39 Å². The fraction of sp³-hybridized carbons (Fsp3) is 0.286. The first-order valence-electron chi connectivity index (χ1n) is 5.83. The number of hydrogen-bond donors (Lipinski definition) is 1. The number of benzene rings is 1. The molecule has 0 amide bonds. The highest BCUT2D eigenvalue weighted by molar-refractivity contribution is 9.10. The Balaban J connectivity index is 2.11. The van der Waals surface area contributed by atoms with Gasteiger partial charge in [-0.2, -0.15) is 0 Å². The van der Waals surface area contributed by atoms with E-state index in [1.165, 1.54) is 10.9 Å². The Morgan fingerprint density at radius 3 is 2.50 bits per heavy atom. The Morgan fingerprint density at radius 1 is 1.17 bits per heavy atom. The molecule has 2 unspecified atom stereocenters. The maximum atomic E-state index is 13.7. The van der Waals surface area contributed by atoms with E-state index >= 15 is 0 Å². The first kappa shape index (κ1) is 13.7. The maximum absolute atomic E-state index is 13.7. The van der Waals surface area contributed by atoms with Crippen LogP contribution in [0.3, 0.4) is 0 Å². The van der Waals surface area contributed by atoms with Crippen LogP contribution in [0.25, 0.3) is 0 Å². The number of thiophene rings is 1. The Morgan fingerprint density at radius 2 is 1.89 bits per heavy atom. The molecule has 0 radical (unpaired) electrons. The molecule has 2 atom stereocenters. The molecule has 2 aromatic rings. The van der Waals surface area contributed by atoms with Crippen molar-refractivity contribution in [2.75, 3.05) is 0 Å². The minimum Gasteiger partial charge on any atom is -0.303 e. The van der Waals surface area contributed by atoms with Crippen LogP contribution in [0.2, 0.25) is 0 Å². The summed E-state index contributed by atoms with van der Waals surface area (Å²) in [5, 5.41) is 5.47. The maximum Gasteiger partial charge on any atom is 0.127 e. The minimum atomic E-state index is -0.157. The van der Waals surface area contributed by atoms with E-state index in [0.717, 1.165) is 4.47 Å². The van der Waals surface area contributed by atoms with Crippen molar-refractivity contribution in [3.63, 3.8) is 0 Å². The van der Waals surface area contributed by atoms with Crippen LogP contribution in [0.5, 0.6) is 0 Å². The third-order valence-corrected chi connectivity index (χ3v) is 4.96. The van der Waals surface area contributed by atoms with Gasteiger partial charge in [0.25, 0.3) is 0 Å². The van der Waals surface area contributed by atoms with Crippen LogP contribution < -0.4 is 5.32 Å². The van der Waals surface area contributed by atoms with E-state index in [2.05, 4.69) is 28.2 Å². The van der Waals surface area contributed by atoms with Crippen LogP contribution >= 0.6 is 27.3 Å². The molecule has 1 N–H and O–H groups in total.